The lowest BCUT2D eigenvalue weighted by Gasteiger charge is -2.05. The number of nitrogens with one attached hydrogen (secondary N) is 1. The Kier molecular flexibility index (Phi) is 2.83. The van der Waals surface area contributed by atoms with E-state index in [1.165, 1.54) is 23.0 Å². The third kappa shape index (κ3) is 2.29. The molecular formula is C11H8N4O2. The van der Waals surface area contributed by atoms with Crippen LogP contribution in [0.3, 0.4) is 0 Å². The van der Waals surface area contributed by atoms with Crippen LogP contribution < -0.4 is 11.2 Å². The van der Waals surface area contributed by atoms with Gasteiger partial charge in [-0.15, -0.1) is 0 Å². The average molecular weight is 228 g/mol. The van der Waals surface area contributed by atoms with Crippen LogP contribution in [0.5, 0.6) is 0 Å². The van der Waals surface area contributed by atoms with E-state index in [9.17, 15) is 9.59 Å². The first-order valence-corrected chi connectivity index (χ1v) is 4.84. The van der Waals surface area contributed by atoms with Gasteiger partial charge in [0.25, 0.3) is 5.56 Å². The molecule has 17 heavy (non-hydrogen) atoms. The maximum absolute atomic E-state index is 11.4. The van der Waals surface area contributed by atoms with Gasteiger partial charge in [0, 0.05) is 24.0 Å². The number of nitriles is 1. The van der Waals surface area contributed by atoms with E-state index in [4.69, 9.17) is 5.26 Å². The summed E-state index contributed by atoms with van der Waals surface area (Å²) in [6.45, 7) is 0.201. The van der Waals surface area contributed by atoms with Gasteiger partial charge in [0.05, 0.1) is 6.54 Å². The molecule has 0 aliphatic heterocycles. The molecule has 0 spiro atoms. The van der Waals surface area contributed by atoms with E-state index in [2.05, 4.69) is 9.97 Å². The zero-order chi connectivity index (χ0) is 12.3. The largest absolute Gasteiger partial charge is 0.328 e. The highest BCUT2D eigenvalue weighted by molar-refractivity contribution is 5.30. The Morgan fingerprint density at radius 3 is 2.94 bits per heavy atom. The number of rotatable bonds is 2. The molecule has 6 nitrogen and oxygen atoms in total. The highest BCUT2D eigenvalue weighted by atomic mass is 16.2. The summed E-state index contributed by atoms with van der Waals surface area (Å²) in [5.41, 5.74) is -0.0575. The van der Waals surface area contributed by atoms with E-state index in [1.54, 1.807) is 12.1 Å². The van der Waals surface area contributed by atoms with Crippen LogP contribution in [0.2, 0.25) is 0 Å². The van der Waals surface area contributed by atoms with Crippen molar-refractivity contribution in [3.8, 4) is 6.07 Å². The standard InChI is InChI=1S/C11H8N4O2/c12-6-9-8(2-1-4-13-9)7-15-5-3-10(16)14-11(15)17/h1-5H,7H2,(H,14,16,17). The molecule has 2 rings (SSSR count). The normalized spacial score (nSPS) is 9.82. The topological polar surface area (TPSA) is 91.5 Å². The van der Waals surface area contributed by atoms with Crippen molar-refractivity contribution in [1.82, 2.24) is 14.5 Å². The van der Waals surface area contributed by atoms with Crippen molar-refractivity contribution in [3.05, 3.63) is 62.7 Å². The van der Waals surface area contributed by atoms with Crippen LogP contribution in [-0.4, -0.2) is 14.5 Å². The predicted molar refractivity (Wildman–Crippen MR) is 59.4 cm³/mol. The first-order valence-electron chi connectivity index (χ1n) is 4.84. The maximum Gasteiger partial charge on any atom is 0.328 e. The number of aromatic amines is 1. The minimum atomic E-state index is -0.509. The van der Waals surface area contributed by atoms with Crippen molar-refractivity contribution in [2.45, 2.75) is 6.54 Å². The van der Waals surface area contributed by atoms with Crippen molar-refractivity contribution < 1.29 is 0 Å². The predicted octanol–water partition coefficient (Wildman–Crippen LogP) is -0.148. The smallest absolute Gasteiger partial charge is 0.296 e. The molecule has 1 N–H and O–H groups in total. The van der Waals surface area contributed by atoms with Gasteiger partial charge in [0.1, 0.15) is 11.8 Å². The summed E-state index contributed by atoms with van der Waals surface area (Å²) in [5.74, 6) is 0. The van der Waals surface area contributed by atoms with E-state index >= 15 is 0 Å². The fraction of sp³-hybridized carbons (Fsp3) is 0.0909. The van der Waals surface area contributed by atoms with Gasteiger partial charge in [0.2, 0.25) is 0 Å². The van der Waals surface area contributed by atoms with Gasteiger partial charge in [-0.3, -0.25) is 14.3 Å². The molecule has 0 unspecified atom stereocenters. The monoisotopic (exact) mass is 228 g/mol. The van der Waals surface area contributed by atoms with Gasteiger partial charge < -0.3 is 0 Å². The molecule has 2 aromatic rings. The summed E-state index contributed by atoms with van der Waals surface area (Å²) < 4.78 is 1.30. The Balaban J connectivity index is 2.42. The van der Waals surface area contributed by atoms with Crippen molar-refractivity contribution >= 4 is 0 Å². The van der Waals surface area contributed by atoms with Gasteiger partial charge in [0.15, 0.2) is 0 Å². The van der Waals surface area contributed by atoms with Gasteiger partial charge in [-0.2, -0.15) is 5.26 Å². The molecule has 0 aromatic carbocycles. The van der Waals surface area contributed by atoms with Crippen LogP contribution in [0.25, 0.3) is 0 Å². The van der Waals surface area contributed by atoms with Crippen molar-refractivity contribution in [1.29, 1.82) is 5.26 Å². The van der Waals surface area contributed by atoms with E-state index in [-0.39, 0.29) is 12.2 Å². The molecule has 2 aromatic heterocycles. The molecule has 0 saturated heterocycles. The second kappa shape index (κ2) is 4.45. The fourth-order valence-electron chi connectivity index (χ4n) is 1.42. The first kappa shape index (κ1) is 10.8. The Hall–Kier alpha value is -2.68. The summed E-state index contributed by atoms with van der Waals surface area (Å²) >= 11 is 0. The highest BCUT2D eigenvalue weighted by Crippen LogP contribution is 2.04. The second-order valence-corrected chi connectivity index (χ2v) is 3.36. The third-order valence-corrected chi connectivity index (χ3v) is 2.23. The molecule has 2 heterocycles. The molecule has 0 atom stereocenters. The number of aromatic nitrogens is 3. The summed E-state index contributed by atoms with van der Waals surface area (Å²) in [6, 6.07) is 6.60. The number of nitrogens with zero attached hydrogens (tertiary/aromatic N) is 3. The van der Waals surface area contributed by atoms with Crippen LogP contribution in [0, 0.1) is 11.3 Å². The second-order valence-electron chi connectivity index (χ2n) is 3.36. The van der Waals surface area contributed by atoms with Crippen LogP contribution >= 0.6 is 0 Å². The maximum atomic E-state index is 11.4. The Labute approximate surface area is 95.8 Å². The van der Waals surface area contributed by atoms with Crippen molar-refractivity contribution in [3.63, 3.8) is 0 Å². The van der Waals surface area contributed by atoms with E-state index in [1.807, 2.05) is 6.07 Å². The van der Waals surface area contributed by atoms with E-state index in [0.717, 1.165) is 0 Å². The Morgan fingerprint density at radius 2 is 2.24 bits per heavy atom. The van der Waals surface area contributed by atoms with Crippen molar-refractivity contribution in [2.75, 3.05) is 0 Å². The SMILES string of the molecule is N#Cc1ncccc1Cn1ccc(=O)[nH]c1=O. The summed E-state index contributed by atoms with van der Waals surface area (Å²) in [7, 11) is 0. The molecular weight excluding hydrogens is 220 g/mol. The molecule has 0 radical (unpaired) electrons. The van der Waals surface area contributed by atoms with Crippen LogP contribution in [0.4, 0.5) is 0 Å². The zero-order valence-electron chi connectivity index (χ0n) is 8.75. The number of H-pyrrole nitrogens is 1. The van der Waals surface area contributed by atoms with Gasteiger partial charge >= 0.3 is 5.69 Å². The Bertz CT molecular complexity index is 693. The van der Waals surface area contributed by atoms with Crippen LogP contribution in [0.1, 0.15) is 11.3 Å². The van der Waals surface area contributed by atoms with Gasteiger partial charge in [-0.25, -0.2) is 9.78 Å². The molecule has 0 fully saturated rings. The lowest BCUT2D eigenvalue weighted by molar-refractivity contribution is 0.716. The molecule has 0 aliphatic rings. The first-order chi connectivity index (χ1) is 8.20. The van der Waals surface area contributed by atoms with Gasteiger partial charge in [-0.1, -0.05) is 6.07 Å². The fourth-order valence-corrected chi connectivity index (χ4v) is 1.42. The number of hydrogen-bond donors (Lipinski definition) is 1. The van der Waals surface area contributed by atoms with E-state index in [0.29, 0.717) is 5.56 Å². The minimum Gasteiger partial charge on any atom is -0.296 e. The molecule has 0 saturated carbocycles. The molecule has 0 amide bonds. The quantitative estimate of drug-likeness (QED) is 0.773. The highest BCUT2D eigenvalue weighted by Gasteiger charge is 2.04. The van der Waals surface area contributed by atoms with Crippen molar-refractivity contribution in [2.24, 2.45) is 0 Å². The van der Waals surface area contributed by atoms with E-state index < -0.39 is 11.2 Å². The third-order valence-electron chi connectivity index (χ3n) is 2.23. The summed E-state index contributed by atoms with van der Waals surface area (Å²) in [5, 5.41) is 8.85. The van der Waals surface area contributed by atoms with Gasteiger partial charge in [-0.05, 0) is 6.07 Å². The summed E-state index contributed by atoms with van der Waals surface area (Å²) in [4.78, 5) is 28.4. The Morgan fingerprint density at radius 1 is 1.41 bits per heavy atom. The number of hydrogen-bond acceptors (Lipinski definition) is 4. The minimum absolute atomic E-state index is 0.201. The average Bonchev–Trinajstić information content (AvgIpc) is 2.33. The lowest BCUT2D eigenvalue weighted by atomic mass is 10.2. The number of pyridine rings is 1. The van der Waals surface area contributed by atoms with Crippen LogP contribution in [-0.2, 0) is 6.54 Å². The zero-order valence-corrected chi connectivity index (χ0v) is 8.75. The molecule has 0 aliphatic carbocycles. The molecule has 0 bridgehead atoms. The van der Waals surface area contributed by atoms with Crippen LogP contribution in [0.15, 0.2) is 40.2 Å². The summed E-state index contributed by atoms with van der Waals surface area (Å²) in [6.07, 6.45) is 2.90. The lowest BCUT2D eigenvalue weighted by Crippen LogP contribution is -2.29. The molecule has 6 heteroatoms. The molecule has 84 valence electrons.